The highest BCUT2D eigenvalue weighted by Crippen LogP contribution is 2.25. The van der Waals surface area contributed by atoms with Crippen molar-refractivity contribution < 1.29 is 14.4 Å². The SMILES string of the molecule is COc1cc(NCC2COCCN2)cc([N+](=O)[O-])c1. The van der Waals surface area contributed by atoms with Crippen LogP contribution in [0.25, 0.3) is 0 Å². The van der Waals surface area contributed by atoms with Gasteiger partial charge in [0.1, 0.15) is 5.75 Å². The normalized spacial score (nSPS) is 18.9. The lowest BCUT2D eigenvalue weighted by atomic mass is 10.2. The fourth-order valence-electron chi connectivity index (χ4n) is 1.90. The minimum absolute atomic E-state index is 0.00898. The van der Waals surface area contributed by atoms with E-state index in [-0.39, 0.29) is 11.7 Å². The van der Waals surface area contributed by atoms with Gasteiger partial charge in [-0.3, -0.25) is 10.1 Å². The molecule has 0 aliphatic carbocycles. The first-order valence-electron chi connectivity index (χ1n) is 6.07. The number of benzene rings is 1. The van der Waals surface area contributed by atoms with Crippen LogP contribution in [0.1, 0.15) is 0 Å². The highest BCUT2D eigenvalue weighted by atomic mass is 16.6. The Kier molecular flexibility index (Phi) is 4.53. The van der Waals surface area contributed by atoms with Crippen LogP contribution in [0.3, 0.4) is 0 Å². The summed E-state index contributed by atoms with van der Waals surface area (Å²) in [5.41, 5.74) is 0.674. The second-order valence-electron chi connectivity index (χ2n) is 4.28. The molecule has 1 aliphatic rings. The van der Waals surface area contributed by atoms with E-state index in [9.17, 15) is 10.1 Å². The van der Waals surface area contributed by atoms with E-state index in [1.54, 1.807) is 6.07 Å². The Morgan fingerprint density at radius 3 is 3.05 bits per heavy atom. The van der Waals surface area contributed by atoms with Crippen molar-refractivity contribution in [3.8, 4) is 5.75 Å². The maximum atomic E-state index is 10.8. The highest BCUT2D eigenvalue weighted by Gasteiger charge is 2.14. The van der Waals surface area contributed by atoms with Crippen molar-refractivity contribution in [3.63, 3.8) is 0 Å². The first-order chi connectivity index (χ1) is 9.19. The van der Waals surface area contributed by atoms with Crippen LogP contribution in [0.2, 0.25) is 0 Å². The van der Waals surface area contributed by atoms with Crippen molar-refractivity contribution in [1.82, 2.24) is 5.32 Å². The number of rotatable bonds is 5. The number of anilines is 1. The third-order valence-electron chi connectivity index (χ3n) is 2.89. The number of hydrogen-bond acceptors (Lipinski definition) is 6. The van der Waals surface area contributed by atoms with E-state index in [4.69, 9.17) is 9.47 Å². The number of non-ortho nitro benzene ring substituents is 1. The number of hydrogen-bond donors (Lipinski definition) is 2. The molecule has 0 radical (unpaired) electrons. The lowest BCUT2D eigenvalue weighted by Crippen LogP contribution is -2.45. The summed E-state index contributed by atoms with van der Waals surface area (Å²) in [6.07, 6.45) is 0. The van der Waals surface area contributed by atoms with E-state index < -0.39 is 4.92 Å². The summed E-state index contributed by atoms with van der Waals surface area (Å²) >= 11 is 0. The van der Waals surface area contributed by atoms with Crippen molar-refractivity contribution in [2.75, 3.05) is 38.7 Å². The van der Waals surface area contributed by atoms with Crippen molar-refractivity contribution in [3.05, 3.63) is 28.3 Å². The molecule has 1 aliphatic heterocycles. The molecule has 0 bridgehead atoms. The molecule has 1 heterocycles. The van der Waals surface area contributed by atoms with Crippen LogP contribution in [0.15, 0.2) is 18.2 Å². The number of nitro groups is 1. The quantitative estimate of drug-likeness (QED) is 0.611. The molecule has 1 aromatic carbocycles. The number of ether oxygens (including phenoxy) is 2. The molecule has 104 valence electrons. The smallest absolute Gasteiger partial charge is 0.275 e. The second-order valence-corrected chi connectivity index (χ2v) is 4.28. The number of methoxy groups -OCH3 is 1. The molecule has 2 rings (SSSR count). The van der Waals surface area contributed by atoms with Crippen molar-refractivity contribution in [1.29, 1.82) is 0 Å². The van der Waals surface area contributed by atoms with Gasteiger partial charge in [0.2, 0.25) is 0 Å². The molecule has 1 atom stereocenters. The molecule has 7 nitrogen and oxygen atoms in total. The largest absolute Gasteiger partial charge is 0.496 e. The zero-order valence-electron chi connectivity index (χ0n) is 10.7. The Bertz CT molecular complexity index is 447. The zero-order chi connectivity index (χ0) is 13.7. The van der Waals surface area contributed by atoms with Gasteiger partial charge in [-0.05, 0) is 0 Å². The molecule has 0 spiro atoms. The van der Waals surface area contributed by atoms with Gasteiger partial charge in [-0.1, -0.05) is 0 Å². The van der Waals surface area contributed by atoms with Gasteiger partial charge in [0.15, 0.2) is 0 Å². The Labute approximate surface area is 111 Å². The predicted molar refractivity (Wildman–Crippen MR) is 70.7 cm³/mol. The van der Waals surface area contributed by atoms with Gasteiger partial charge in [0, 0.05) is 37.0 Å². The van der Waals surface area contributed by atoms with Crippen LogP contribution < -0.4 is 15.4 Å². The van der Waals surface area contributed by atoms with Crippen LogP contribution in [0.5, 0.6) is 5.75 Å². The lowest BCUT2D eigenvalue weighted by molar-refractivity contribution is -0.384. The molecule has 1 aromatic rings. The minimum atomic E-state index is -0.435. The van der Waals surface area contributed by atoms with E-state index in [0.29, 0.717) is 24.6 Å². The monoisotopic (exact) mass is 267 g/mol. The van der Waals surface area contributed by atoms with Gasteiger partial charge in [0.05, 0.1) is 31.3 Å². The second kappa shape index (κ2) is 6.35. The van der Waals surface area contributed by atoms with Crippen LogP contribution in [0.4, 0.5) is 11.4 Å². The first-order valence-corrected chi connectivity index (χ1v) is 6.07. The van der Waals surface area contributed by atoms with Gasteiger partial charge in [-0.2, -0.15) is 0 Å². The topological polar surface area (TPSA) is 85.7 Å². The van der Waals surface area contributed by atoms with Crippen molar-refractivity contribution >= 4 is 11.4 Å². The van der Waals surface area contributed by atoms with Crippen LogP contribution in [-0.4, -0.2) is 44.4 Å². The third kappa shape index (κ3) is 3.80. The minimum Gasteiger partial charge on any atom is -0.496 e. The summed E-state index contributed by atoms with van der Waals surface area (Å²) < 4.78 is 10.4. The molecular formula is C12H17N3O4. The van der Waals surface area contributed by atoms with E-state index in [1.807, 2.05) is 0 Å². The summed E-state index contributed by atoms with van der Waals surface area (Å²) in [6.45, 7) is 2.83. The van der Waals surface area contributed by atoms with Gasteiger partial charge >= 0.3 is 0 Å². The van der Waals surface area contributed by atoms with Gasteiger partial charge in [-0.15, -0.1) is 0 Å². The van der Waals surface area contributed by atoms with E-state index in [1.165, 1.54) is 19.2 Å². The molecule has 7 heteroatoms. The molecular weight excluding hydrogens is 250 g/mol. The lowest BCUT2D eigenvalue weighted by Gasteiger charge is -2.24. The molecule has 0 amide bonds. The van der Waals surface area contributed by atoms with Crippen molar-refractivity contribution in [2.24, 2.45) is 0 Å². The van der Waals surface area contributed by atoms with Crippen molar-refractivity contribution in [2.45, 2.75) is 6.04 Å². The number of nitro benzene ring substituents is 1. The Morgan fingerprint density at radius 1 is 1.58 bits per heavy atom. The average Bonchev–Trinajstić information content (AvgIpc) is 2.45. The number of nitrogens with zero attached hydrogens (tertiary/aromatic N) is 1. The summed E-state index contributed by atoms with van der Waals surface area (Å²) in [6, 6.07) is 4.83. The molecule has 0 aromatic heterocycles. The Hall–Kier alpha value is -1.86. The summed E-state index contributed by atoms with van der Waals surface area (Å²) in [7, 11) is 1.49. The zero-order valence-corrected chi connectivity index (χ0v) is 10.7. The Balaban J connectivity index is 2.02. The molecule has 1 saturated heterocycles. The summed E-state index contributed by atoms with van der Waals surface area (Å²) in [4.78, 5) is 10.4. The Morgan fingerprint density at radius 2 is 2.42 bits per heavy atom. The average molecular weight is 267 g/mol. The summed E-state index contributed by atoms with van der Waals surface area (Å²) in [5, 5.41) is 17.3. The standard InChI is InChI=1S/C12H17N3O4/c1-18-12-5-9(4-11(6-12)15(16)17)14-7-10-8-19-3-2-13-10/h4-6,10,13-14H,2-3,7-8H2,1H3. The van der Waals surface area contributed by atoms with E-state index in [0.717, 1.165) is 13.2 Å². The molecule has 0 saturated carbocycles. The van der Waals surface area contributed by atoms with E-state index in [2.05, 4.69) is 10.6 Å². The highest BCUT2D eigenvalue weighted by molar-refractivity contribution is 5.56. The fourth-order valence-corrected chi connectivity index (χ4v) is 1.90. The van der Waals surface area contributed by atoms with Crippen LogP contribution >= 0.6 is 0 Å². The predicted octanol–water partition coefficient (Wildman–Crippen LogP) is 1.00. The third-order valence-corrected chi connectivity index (χ3v) is 2.89. The molecule has 19 heavy (non-hydrogen) atoms. The maximum absolute atomic E-state index is 10.8. The molecule has 1 unspecified atom stereocenters. The van der Waals surface area contributed by atoms with Crippen LogP contribution in [-0.2, 0) is 4.74 Å². The van der Waals surface area contributed by atoms with Gasteiger partial charge in [-0.25, -0.2) is 0 Å². The van der Waals surface area contributed by atoms with Gasteiger partial charge < -0.3 is 20.1 Å². The van der Waals surface area contributed by atoms with Gasteiger partial charge in [0.25, 0.3) is 5.69 Å². The first kappa shape index (κ1) is 13.6. The number of morpholine rings is 1. The molecule has 1 fully saturated rings. The fraction of sp³-hybridized carbons (Fsp3) is 0.500. The van der Waals surface area contributed by atoms with Crippen LogP contribution in [0, 0.1) is 10.1 Å². The summed E-state index contributed by atoms with van der Waals surface area (Å²) in [5.74, 6) is 0.463. The number of nitrogens with one attached hydrogen (secondary N) is 2. The molecule has 2 N–H and O–H groups in total. The van der Waals surface area contributed by atoms with E-state index >= 15 is 0 Å². The maximum Gasteiger partial charge on any atom is 0.275 e.